The normalized spacial score (nSPS) is 36.5. The summed E-state index contributed by atoms with van der Waals surface area (Å²) in [6, 6.07) is 0.255. The first kappa shape index (κ1) is 10.9. The smallest absolute Gasteiger partial charge is 0.327 e. The van der Waals surface area contributed by atoms with Crippen LogP contribution >= 0.6 is 0 Å². The quantitative estimate of drug-likeness (QED) is 0.652. The monoisotopic (exact) mass is 212 g/mol. The Kier molecular flexibility index (Phi) is 3.26. The van der Waals surface area contributed by atoms with Gasteiger partial charge in [-0.15, -0.1) is 0 Å². The number of carbonyl (C=O) groups is 1. The molecular formula is C11H20N2O2. The standard InChI is InChI=1S/C11H20N2O2/c1-15-10(14)11(6-2-3-8-13-11)9-5-4-7-12-9/h9,12-13H,2-8H2,1H3. The maximum Gasteiger partial charge on any atom is 0.327 e. The van der Waals surface area contributed by atoms with Crippen molar-refractivity contribution in [3.8, 4) is 0 Å². The zero-order chi connectivity index (χ0) is 10.7. The highest BCUT2D eigenvalue weighted by atomic mass is 16.5. The third-order valence-corrected chi connectivity index (χ3v) is 3.64. The van der Waals surface area contributed by atoms with Crippen molar-refractivity contribution in [2.45, 2.75) is 43.7 Å². The number of hydrogen-bond donors (Lipinski definition) is 2. The Morgan fingerprint density at radius 1 is 1.33 bits per heavy atom. The van der Waals surface area contributed by atoms with Gasteiger partial charge in [-0.2, -0.15) is 0 Å². The Labute approximate surface area is 90.8 Å². The van der Waals surface area contributed by atoms with Crippen LogP contribution < -0.4 is 10.6 Å². The number of hydrogen-bond acceptors (Lipinski definition) is 4. The van der Waals surface area contributed by atoms with Crippen LogP contribution in [-0.4, -0.2) is 37.7 Å². The van der Waals surface area contributed by atoms with Crippen molar-refractivity contribution in [2.75, 3.05) is 20.2 Å². The van der Waals surface area contributed by atoms with Crippen molar-refractivity contribution in [1.29, 1.82) is 0 Å². The summed E-state index contributed by atoms with van der Waals surface area (Å²) in [6.07, 6.45) is 5.40. The molecule has 0 aromatic rings. The van der Waals surface area contributed by atoms with E-state index in [4.69, 9.17) is 4.74 Å². The first-order chi connectivity index (χ1) is 7.29. The van der Waals surface area contributed by atoms with Crippen molar-refractivity contribution >= 4 is 5.97 Å². The summed E-state index contributed by atoms with van der Waals surface area (Å²) in [5, 5.41) is 6.81. The lowest BCUT2D eigenvalue weighted by atomic mass is 9.81. The van der Waals surface area contributed by atoms with E-state index in [1.807, 2.05) is 0 Å². The predicted octanol–water partition coefficient (Wildman–Crippen LogP) is 0.424. The largest absolute Gasteiger partial charge is 0.468 e. The molecule has 4 heteroatoms. The Morgan fingerprint density at radius 3 is 2.73 bits per heavy atom. The number of methoxy groups -OCH3 is 1. The van der Waals surface area contributed by atoms with E-state index in [1.165, 1.54) is 7.11 Å². The molecule has 2 fully saturated rings. The molecule has 2 N–H and O–H groups in total. The molecular weight excluding hydrogens is 192 g/mol. The van der Waals surface area contributed by atoms with Crippen molar-refractivity contribution in [2.24, 2.45) is 0 Å². The Bertz CT molecular complexity index is 231. The van der Waals surface area contributed by atoms with E-state index in [0.29, 0.717) is 0 Å². The SMILES string of the molecule is COC(=O)C1(C2CCCN2)CCCCN1. The molecule has 2 aliphatic heterocycles. The first-order valence-electron chi connectivity index (χ1n) is 5.86. The molecule has 0 radical (unpaired) electrons. The minimum atomic E-state index is -0.455. The molecule has 2 saturated heterocycles. The summed E-state index contributed by atoms with van der Waals surface area (Å²) in [6.45, 7) is 1.94. The van der Waals surface area contributed by atoms with Crippen LogP contribution in [0.5, 0.6) is 0 Å². The van der Waals surface area contributed by atoms with Gasteiger partial charge in [-0.3, -0.25) is 0 Å². The fourth-order valence-electron chi connectivity index (χ4n) is 2.83. The van der Waals surface area contributed by atoms with Crippen LogP contribution in [0.3, 0.4) is 0 Å². The van der Waals surface area contributed by atoms with Crippen LogP contribution in [0, 0.1) is 0 Å². The van der Waals surface area contributed by atoms with Crippen LogP contribution in [0.15, 0.2) is 0 Å². The van der Waals surface area contributed by atoms with E-state index >= 15 is 0 Å². The predicted molar refractivity (Wildman–Crippen MR) is 57.6 cm³/mol. The minimum Gasteiger partial charge on any atom is -0.468 e. The van der Waals surface area contributed by atoms with E-state index < -0.39 is 5.54 Å². The maximum atomic E-state index is 12.0. The lowest BCUT2D eigenvalue weighted by Crippen LogP contribution is -2.65. The van der Waals surface area contributed by atoms with E-state index in [1.54, 1.807) is 0 Å². The molecule has 2 heterocycles. The molecule has 0 saturated carbocycles. The van der Waals surface area contributed by atoms with E-state index in [9.17, 15) is 4.79 Å². The van der Waals surface area contributed by atoms with E-state index in [0.717, 1.165) is 45.2 Å². The molecule has 2 aliphatic rings. The van der Waals surface area contributed by atoms with Crippen molar-refractivity contribution in [1.82, 2.24) is 10.6 Å². The summed E-state index contributed by atoms with van der Waals surface area (Å²) >= 11 is 0. The van der Waals surface area contributed by atoms with Gasteiger partial charge in [0.1, 0.15) is 5.54 Å². The molecule has 0 aromatic heterocycles. The minimum absolute atomic E-state index is 0.0957. The second-order valence-electron chi connectivity index (χ2n) is 4.50. The molecule has 2 rings (SSSR count). The molecule has 2 unspecified atom stereocenters. The van der Waals surface area contributed by atoms with E-state index in [2.05, 4.69) is 10.6 Å². The average molecular weight is 212 g/mol. The Hall–Kier alpha value is -0.610. The highest BCUT2D eigenvalue weighted by Crippen LogP contribution is 2.29. The van der Waals surface area contributed by atoms with Gasteiger partial charge in [-0.25, -0.2) is 4.79 Å². The topological polar surface area (TPSA) is 50.4 Å². The van der Waals surface area contributed by atoms with Gasteiger partial charge in [-0.05, 0) is 45.2 Å². The molecule has 0 aromatic carbocycles. The molecule has 4 nitrogen and oxygen atoms in total. The Balaban J connectivity index is 2.16. The molecule has 15 heavy (non-hydrogen) atoms. The van der Waals surface area contributed by atoms with E-state index in [-0.39, 0.29) is 12.0 Å². The zero-order valence-electron chi connectivity index (χ0n) is 9.34. The van der Waals surface area contributed by atoms with Gasteiger partial charge in [0.05, 0.1) is 7.11 Å². The lowest BCUT2D eigenvalue weighted by molar-refractivity contribution is -0.151. The van der Waals surface area contributed by atoms with Gasteiger partial charge in [0, 0.05) is 6.04 Å². The van der Waals surface area contributed by atoms with Crippen LogP contribution in [0.1, 0.15) is 32.1 Å². The van der Waals surface area contributed by atoms with Gasteiger partial charge in [0.2, 0.25) is 0 Å². The maximum absolute atomic E-state index is 12.0. The van der Waals surface area contributed by atoms with Crippen LogP contribution in [-0.2, 0) is 9.53 Å². The van der Waals surface area contributed by atoms with Gasteiger partial charge < -0.3 is 15.4 Å². The van der Waals surface area contributed by atoms with Crippen molar-refractivity contribution in [3.63, 3.8) is 0 Å². The summed E-state index contributed by atoms with van der Waals surface area (Å²) in [7, 11) is 1.48. The Morgan fingerprint density at radius 2 is 2.20 bits per heavy atom. The second kappa shape index (κ2) is 4.49. The molecule has 86 valence electrons. The average Bonchev–Trinajstić information content (AvgIpc) is 2.83. The molecule has 0 aliphatic carbocycles. The molecule has 2 atom stereocenters. The molecule has 0 amide bonds. The highest BCUT2D eigenvalue weighted by Gasteiger charge is 2.47. The fourth-order valence-corrected chi connectivity index (χ4v) is 2.83. The summed E-state index contributed by atoms with van der Waals surface area (Å²) < 4.78 is 4.96. The third-order valence-electron chi connectivity index (χ3n) is 3.64. The number of ether oxygens (including phenoxy) is 1. The molecule has 0 spiro atoms. The summed E-state index contributed by atoms with van der Waals surface area (Å²) in [4.78, 5) is 12.0. The lowest BCUT2D eigenvalue weighted by Gasteiger charge is -2.40. The van der Waals surface area contributed by atoms with Gasteiger partial charge in [-0.1, -0.05) is 0 Å². The number of rotatable bonds is 2. The van der Waals surface area contributed by atoms with Crippen LogP contribution in [0.4, 0.5) is 0 Å². The first-order valence-corrected chi connectivity index (χ1v) is 5.86. The number of piperidine rings is 1. The highest BCUT2D eigenvalue weighted by molar-refractivity contribution is 5.82. The van der Waals surface area contributed by atoms with Gasteiger partial charge in [0.15, 0.2) is 0 Å². The summed E-state index contributed by atoms with van der Waals surface area (Å²) in [5.74, 6) is -0.0957. The van der Waals surface area contributed by atoms with Crippen molar-refractivity contribution in [3.05, 3.63) is 0 Å². The summed E-state index contributed by atoms with van der Waals surface area (Å²) in [5.41, 5.74) is -0.455. The van der Waals surface area contributed by atoms with Gasteiger partial charge in [0.25, 0.3) is 0 Å². The number of esters is 1. The van der Waals surface area contributed by atoms with Crippen LogP contribution in [0.25, 0.3) is 0 Å². The zero-order valence-corrected chi connectivity index (χ0v) is 9.34. The number of nitrogens with one attached hydrogen (secondary N) is 2. The van der Waals surface area contributed by atoms with Crippen LogP contribution in [0.2, 0.25) is 0 Å². The fraction of sp³-hybridized carbons (Fsp3) is 0.909. The number of carbonyl (C=O) groups excluding carboxylic acids is 1. The van der Waals surface area contributed by atoms with Gasteiger partial charge >= 0.3 is 5.97 Å². The second-order valence-corrected chi connectivity index (χ2v) is 4.50. The van der Waals surface area contributed by atoms with Crippen molar-refractivity contribution < 1.29 is 9.53 Å². The molecule has 0 bridgehead atoms. The third kappa shape index (κ3) is 1.88.